The molecule has 2 aliphatic heterocycles. The molecule has 0 fully saturated rings. The average molecular weight is 675 g/mol. The van der Waals surface area contributed by atoms with Gasteiger partial charge in [0.05, 0.1) is 0 Å². The zero-order chi connectivity index (χ0) is 34.9. The molecule has 9 aromatic carbocycles. The average Bonchev–Trinajstić information content (AvgIpc) is 3.23. The lowest BCUT2D eigenvalue weighted by atomic mass is 9.34. The Kier molecular flexibility index (Phi) is 6.68. The molecule has 0 aromatic heterocycles. The van der Waals surface area contributed by atoms with Gasteiger partial charge in [-0.05, 0) is 78.0 Å². The zero-order valence-electron chi connectivity index (χ0n) is 28.8. The van der Waals surface area contributed by atoms with Crippen LogP contribution in [0.2, 0.25) is 0 Å². The first-order valence-electron chi connectivity index (χ1n) is 18.2. The third kappa shape index (κ3) is 4.61. The van der Waals surface area contributed by atoms with Crippen molar-refractivity contribution in [1.82, 2.24) is 0 Å². The molecule has 0 aliphatic carbocycles. The van der Waals surface area contributed by atoms with Crippen LogP contribution >= 0.6 is 0 Å². The molecule has 0 bridgehead atoms. The summed E-state index contributed by atoms with van der Waals surface area (Å²) in [7, 11) is 0. The first kappa shape index (κ1) is 29.9. The number of rotatable bonds is 4. The molecular weight excluding hydrogens is 643 g/mol. The first-order chi connectivity index (χ1) is 26.3. The Balaban J connectivity index is 1.22. The van der Waals surface area contributed by atoms with Crippen molar-refractivity contribution in [1.29, 1.82) is 0 Å². The molecule has 0 saturated heterocycles. The molecule has 0 unspecified atom stereocenters. The van der Waals surface area contributed by atoms with E-state index in [9.17, 15) is 0 Å². The maximum absolute atomic E-state index is 7.14. The smallest absolute Gasteiger partial charge is 0.260 e. The van der Waals surface area contributed by atoms with Crippen LogP contribution in [0, 0.1) is 0 Å². The van der Waals surface area contributed by atoms with E-state index in [4.69, 9.17) is 9.47 Å². The van der Waals surface area contributed by atoms with Crippen LogP contribution in [0.4, 0.5) is 0 Å². The van der Waals surface area contributed by atoms with Gasteiger partial charge < -0.3 is 9.47 Å². The van der Waals surface area contributed by atoms with Crippen molar-refractivity contribution in [3.63, 3.8) is 0 Å². The van der Waals surface area contributed by atoms with Crippen LogP contribution in [-0.4, -0.2) is 6.71 Å². The monoisotopic (exact) mass is 674 g/mol. The van der Waals surface area contributed by atoms with E-state index in [1.165, 1.54) is 38.2 Å². The fourth-order valence-electron chi connectivity index (χ4n) is 8.73. The lowest BCUT2D eigenvalue weighted by Crippen LogP contribution is -2.57. The van der Waals surface area contributed by atoms with Crippen LogP contribution in [0.5, 0.6) is 23.0 Å². The molecular formula is C50H31BO2. The predicted molar refractivity (Wildman–Crippen MR) is 221 cm³/mol. The van der Waals surface area contributed by atoms with Gasteiger partial charge in [-0.1, -0.05) is 176 Å². The Hall–Kier alpha value is -6.84. The lowest BCUT2D eigenvalue weighted by Gasteiger charge is -2.35. The minimum Gasteiger partial charge on any atom is -0.458 e. The van der Waals surface area contributed by atoms with Crippen LogP contribution in [-0.2, 0) is 0 Å². The van der Waals surface area contributed by atoms with E-state index in [0.717, 1.165) is 67.2 Å². The van der Waals surface area contributed by atoms with E-state index >= 15 is 0 Å². The van der Waals surface area contributed by atoms with Crippen LogP contribution in [0.1, 0.15) is 0 Å². The number of hydrogen-bond donors (Lipinski definition) is 0. The van der Waals surface area contributed by atoms with Crippen LogP contribution in [0.15, 0.2) is 188 Å². The van der Waals surface area contributed by atoms with E-state index < -0.39 is 0 Å². The number of hydrogen-bond acceptors (Lipinski definition) is 2. The van der Waals surface area contributed by atoms with Gasteiger partial charge in [-0.3, -0.25) is 0 Å². The maximum atomic E-state index is 7.14. The van der Waals surface area contributed by atoms with E-state index in [1.807, 2.05) is 0 Å². The second-order valence-electron chi connectivity index (χ2n) is 13.9. The summed E-state index contributed by atoms with van der Waals surface area (Å²) in [5, 5.41) is 4.81. The van der Waals surface area contributed by atoms with E-state index in [1.54, 1.807) is 0 Å². The van der Waals surface area contributed by atoms with Crippen molar-refractivity contribution in [2.24, 2.45) is 0 Å². The SMILES string of the molecule is c1ccc(-c2cccc3c2Oc2cc(-c4c5ccccc5c(-c5ccccc5)c5ccccc45)cc4c2B3c2cccc(-c3ccccc3)c2O4)cc1. The normalized spacial score (nSPS) is 12.4. The molecule has 11 rings (SSSR count). The number of para-hydroxylation sites is 2. The van der Waals surface area contributed by atoms with Gasteiger partial charge in [-0.25, -0.2) is 0 Å². The summed E-state index contributed by atoms with van der Waals surface area (Å²) in [5.41, 5.74) is 12.5. The van der Waals surface area contributed by atoms with Crippen LogP contribution in [0.3, 0.4) is 0 Å². The van der Waals surface area contributed by atoms with Gasteiger partial charge in [0.2, 0.25) is 0 Å². The highest BCUT2D eigenvalue weighted by molar-refractivity contribution is 6.98. The molecule has 9 aromatic rings. The fourth-order valence-corrected chi connectivity index (χ4v) is 8.73. The van der Waals surface area contributed by atoms with Crippen LogP contribution in [0.25, 0.3) is 66.1 Å². The summed E-state index contributed by atoms with van der Waals surface area (Å²) < 4.78 is 14.3. The quantitative estimate of drug-likeness (QED) is 0.137. The summed E-state index contributed by atoms with van der Waals surface area (Å²) in [4.78, 5) is 0. The first-order valence-corrected chi connectivity index (χ1v) is 18.2. The second-order valence-corrected chi connectivity index (χ2v) is 13.9. The van der Waals surface area contributed by atoms with Crippen molar-refractivity contribution >= 4 is 44.6 Å². The van der Waals surface area contributed by atoms with Gasteiger partial charge in [-0.2, -0.15) is 0 Å². The molecule has 2 heterocycles. The highest BCUT2D eigenvalue weighted by Gasteiger charge is 2.42. The topological polar surface area (TPSA) is 18.5 Å². The van der Waals surface area contributed by atoms with Crippen molar-refractivity contribution < 1.29 is 9.47 Å². The minimum atomic E-state index is -0.0668. The molecule has 2 nitrogen and oxygen atoms in total. The van der Waals surface area contributed by atoms with Crippen molar-refractivity contribution in [2.75, 3.05) is 0 Å². The summed E-state index contributed by atoms with van der Waals surface area (Å²) >= 11 is 0. The molecule has 0 saturated carbocycles. The van der Waals surface area contributed by atoms with Gasteiger partial charge >= 0.3 is 0 Å². The van der Waals surface area contributed by atoms with Crippen molar-refractivity contribution in [3.8, 4) is 67.5 Å². The van der Waals surface area contributed by atoms with Crippen LogP contribution < -0.4 is 25.9 Å². The molecule has 246 valence electrons. The highest BCUT2D eigenvalue weighted by atomic mass is 16.5. The van der Waals surface area contributed by atoms with E-state index in [-0.39, 0.29) is 6.71 Å². The Labute approximate surface area is 308 Å². The minimum absolute atomic E-state index is 0.0668. The Morgan fingerprint density at radius 2 is 0.698 bits per heavy atom. The summed E-state index contributed by atoms with van der Waals surface area (Å²) in [5.74, 6) is 3.45. The second kappa shape index (κ2) is 11.9. The van der Waals surface area contributed by atoms with Crippen molar-refractivity contribution in [2.45, 2.75) is 0 Å². The molecule has 53 heavy (non-hydrogen) atoms. The summed E-state index contributed by atoms with van der Waals surface area (Å²) in [6, 6.07) is 67.1. The van der Waals surface area contributed by atoms with Gasteiger partial charge in [-0.15, -0.1) is 0 Å². The fraction of sp³-hybridized carbons (Fsp3) is 0. The predicted octanol–water partition coefficient (Wildman–Crippen LogP) is 11.4. The molecule has 2 aliphatic rings. The van der Waals surface area contributed by atoms with E-state index in [2.05, 4.69) is 188 Å². The number of ether oxygens (including phenoxy) is 2. The molecule has 0 atom stereocenters. The van der Waals surface area contributed by atoms with Crippen molar-refractivity contribution in [3.05, 3.63) is 188 Å². The number of fused-ring (bicyclic) bond motifs is 6. The summed E-state index contributed by atoms with van der Waals surface area (Å²) in [6.45, 7) is -0.0668. The van der Waals surface area contributed by atoms with Gasteiger partial charge in [0.25, 0.3) is 6.71 Å². The number of benzene rings is 9. The highest BCUT2D eigenvalue weighted by Crippen LogP contribution is 2.48. The molecule has 0 spiro atoms. The third-order valence-electron chi connectivity index (χ3n) is 11.0. The molecule has 0 N–H and O–H groups in total. The molecule has 0 radical (unpaired) electrons. The molecule has 3 heteroatoms. The standard InChI is InChI=1S/C50H31BO2/c1-4-16-32(17-5-1)36-26-14-28-42-49(36)52-44-30-35(31-45-48(44)51(42)43-29-15-27-37(50(43)53-45)33-18-6-2-7-19-33)47-40-24-12-10-22-38(40)46(34-20-8-3-9-21-34)39-23-11-13-25-41(39)47/h1-31H. The van der Waals surface area contributed by atoms with E-state index in [0.29, 0.717) is 0 Å². The Morgan fingerprint density at radius 1 is 0.321 bits per heavy atom. The largest absolute Gasteiger partial charge is 0.458 e. The maximum Gasteiger partial charge on any atom is 0.260 e. The zero-order valence-corrected chi connectivity index (χ0v) is 28.8. The summed E-state index contributed by atoms with van der Waals surface area (Å²) in [6.07, 6.45) is 0. The Morgan fingerprint density at radius 3 is 1.13 bits per heavy atom. The Bertz CT molecular complexity index is 2710. The third-order valence-corrected chi connectivity index (χ3v) is 11.0. The van der Waals surface area contributed by atoms with Gasteiger partial charge in [0, 0.05) is 16.6 Å². The van der Waals surface area contributed by atoms with Gasteiger partial charge in [0.1, 0.15) is 23.0 Å². The molecule has 0 amide bonds. The lowest BCUT2D eigenvalue weighted by molar-refractivity contribution is 0.466. The van der Waals surface area contributed by atoms with Gasteiger partial charge in [0.15, 0.2) is 0 Å².